The Morgan fingerprint density at radius 3 is 2.94 bits per heavy atom. The Hall–Kier alpha value is -4.21. The smallest absolute Gasteiger partial charge is 0.410 e. The number of carbonyl (C=O) groups excluding carboxylic acids is 1. The summed E-state index contributed by atoms with van der Waals surface area (Å²) in [6.07, 6.45) is 4.62. The lowest BCUT2D eigenvalue weighted by molar-refractivity contribution is 0.0976. The SMILES string of the molecule is CCCOC(=O)N1CCc2ccn(CCNc3nccc4ccc(-c5noc(C)n5)cc34)c(=O)c2C1. The summed E-state index contributed by atoms with van der Waals surface area (Å²) in [7, 11) is 0. The van der Waals surface area contributed by atoms with Gasteiger partial charge in [-0.05, 0) is 42.0 Å². The van der Waals surface area contributed by atoms with E-state index in [4.69, 9.17) is 9.26 Å². The molecular weight excluding hydrogens is 460 g/mol. The van der Waals surface area contributed by atoms with Gasteiger partial charge in [-0.2, -0.15) is 4.98 Å². The minimum absolute atomic E-state index is 0.0806. The van der Waals surface area contributed by atoms with Crippen molar-refractivity contribution in [1.82, 2.24) is 24.6 Å². The van der Waals surface area contributed by atoms with Crippen LogP contribution in [-0.2, 0) is 24.2 Å². The molecule has 4 heterocycles. The molecule has 0 atom stereocenters. The highest BCUT2D eigenvalue weighted by molar-refractivity contribution is 5.94. The van der Waals surface area contributed by atoms with Crippen LogP contribution in [0.2, 0.25) is 0 Å². The first-order valence-corrected chi connectivity index (χ1v) is 12.1. The summed E-state index contributed by atoms with van der Waals surface area (Å²) in [6.45, 7) is 5.86. The highest BCUT2D eigenvalue weighted by Crippen LogP contribution is 2.26. The number of fused-ring (bicyclic) bond motifs is 2. The fraction of sp³-hybridized carbons (Fsp3) is 0.346. The van der Waals surface area contributed by atoms with E-state index in [0.29, 0.717) is 55.8 Å². The number of rotatable bonds is 7. The van der Waals surface area contributed by atoms with E-state index in [1.165, 1.54) is 0 Å². The largest absolute Gasteiger partial charge is 0.449 e. The van der Waals surface area contributed by atoms with Gasteiger partial charge in [0.2, 0.25) is 11.7 Å². The molecule has 186 valence electrons. The van der Waals surface area contributed by atoms with Crippen molar-refractivity contribution in [3.05, 3.63) is 70.1 Å². The van der Waals surface area contributed by atoms with Gasteiger partial charge in [-0.3, -0.25) is 4.79 Å². The molecule has 1 aliphatic rings. The van der Waals surface area contributed by atoms with Crippen LogP contribution >= 0.6 is 0 Å². The van der Waals surface area contributed by atoms with Gasteiger partial charge in [0.15, 0.2) is 0 Å². The van der Waals surface area contributed by atoms with Gasteiger partial charge in [-0.15, -0.1) is 0 Å². The van der Waals surface area contributed by atoms with E-state index in [2.05, 4.69) is 20.4 Å². The maximum Gasteiger partial charge on any atom is 0.410 e. The van der Waals surface area contributed by atoms with Crippen LogP contribution in [0.25, 0.3) is 22.2 Å². The lowest BCUT2D eigenvalue weighted by Crippen LogP contribution is -2.40. The topological polar surface area (TPSA) is 115 Å². The summed E-state index contributed by atoms with van der Waals surface area (Å²) in [4.78, 5) is 35.9. The van der Waals surface area contributed by atoms with Crippen molar-refractivity contribution < 1.29 is 14.1 Å². The zero-order chi connectivity index (χ0) is 25.1. The van der Waals surface area contributed by atoms with Crippen LogP contribution in [0.4, 0.5) is 10.6 Å². The van der Waals surface area contributed by atoms with Crippen LogP contribution < -0.4 is 10.9 Å². The number of carbonyl (C=O) groups is 1. The van der Waals surface area contributed by atoms with Crippen molar-refractivity contribution in [3.63, 3.8) is 0 Å². The number of ether oxygens (including phenoxy) is 1. The molecule has 1 N–H and O–H groups in total. The summed E-state index contributed by atoms with van der Waals surface area (Å²) < 4.78 is 12.0. The molecule has 1 amide bonds. The van der Waals surface area contributed by atoms with Crippen molar-refractivity contribution in [2.24, 2.45) is 0 Å². The highest BCUT2D eigenvalue weighted by atomic mass is 16.6. The molecule has 0 aliphatic carbocycles. The normalized spacial score (nSPS) is 13.0. The number of aromatic nitrogens is 4. The van der Waals surface area contributed by atoms with E-state index in [1.807, 2.05) is 43.5 Å². The first-order chi connectivity index (χ1) is 17.5. The van der Waals surface area contributed by atoms with Gasteiger partial charge < -0.3 is 24.0 Å². The van der Waals surface area contributed by atoms with Crippen molar-refractivity contribution in [2.75, 3.05) is 25.0 Å². The Bertz CT molecular complexity index is 1460. The molecule has 0 radical (unpaired) electrons. The Morgan fingerprint density at radius 2 is 2.14 bits per heavy atom. The number of hydrogen-bond donors (Lipinski definition) is 1. The number of pyridine rings is 2. The third-order valence-corrected chi connectivity index (χ3v) is 6.25. The van der Waals surface area contributed by atoms with Crippen molar-refractivity contribution >= 4 is 22.7 Å². The molecule has 0 fully saturated rings. The number of benzene rings is 1. The van der Waals surface area contributed by atoms with Crippen LogP contribution in [-0.4, -0.2) is 50.4 Å². The van der Waals surface area contributed by atoms with E-state index in [1.54, 1.807) is 22.6 Å². The number of aryl methyl sites for hydroxylation is 1. The predicted octanol–water partition coefficient (Wildman–Crippen LogP) is 3.77. The summed E-state index contributed by atoms with van der Waals surface area (Å²) in [5.41, 5.74) is 2.40. The van der Waals surface area contributed by atoms with Gasteiger partial charge in [0.1, 0.15) is 5.82 Å². The average Bonchev–Trinajstić information content (AvgIpc) is 3.34. The standard InChI is InChI=1S/C26H28N6O4/c1-3-14-35-26(34)32-12-8-19-7-11-31(25(33)22(19)16-32)13-10-28-24-21-15-20(23-29-17(2)36-30-23)5-4-18(21)6-9-27-24/h4-7,9,11,15H,3,8,10,12-14,16H2,1-2H3,(H,27,28). The number of nitrogens with one attached hydrogen (secondary N) is 1. The number of anilines is 1. The summed E-state index contributed by atoms with van der Waals surface area (Å²) >= 11 is 0. The molecule has 0 saturated heterocycles. The molecular formula is C26H28N6O4. The van der Waals surface area contributed by atoms with Crippen molar-refractivity contribution in [2.45, 2.75) is 39.8 Å². The predicted molar refractivity (Wildman–Crippen MR) is 135 cm³/mol. The van der Waals surface area contributed by atoms with Crippen LogP contribution in [0, 0.1) is 6.92 Å². The lowest BCUT2D eigenvalue weighted by Gasteiger charge is -2.28. The van der Waals surface area contributed by atoms with E-state index in [0.717, 1.165) is 28.3 Å². The summed E-state index contributed by atoms with van der Waals surface area (Å²) in [5, 5.41) is 9.31. The molecule has 1 aliphatic heterocycles. The third-order valence-electron chi connectivity index (χ3n) is 6.25. The zero-order valence-electron chi connectivity index (χ0n) is 20.4. The first kappa shape index (κ1) is 23.5. The van der Waals surface area contributed by atoms with Gasteiger partial charge in [-0.1, -0.05) is 24.2 Å². The molecule has 0 bridgehead atoms. The second-order valence-corrected chi connectivity index (χ2v) is 8.76. The monoisotopic (exact) mass is 488 g/mol. The molecule has 10 nitrogen and oxygen atoms in total. The molecule has 4 aromatic rings. The Morgan fingerprint density at radius 1 is 1.25 bits per heavy atom. The van der Waals surface area contributed by atoms with Gasteiger partial charge in [0.25, 0.3) is 5.56 Å². The molecule has 0 saturated carbocycles. The fourth-order valence-corrected chi connectivity index (χ4v) is 4.36. The molecule has 36 heavy (non-hydrogen) atoms. The van der Waals surface area contributed by atoms with Gasteiger partial charge in [0, 0.05) is 55.5 Å². The zero-order valence-corrected chi connectivity index (χ0v) is 20.4. The number of hydrogen-bond acceptors (Lipinski definition) is 8. The molecule has 0 unspecified atom stereocenters. The van der Waals surface area contributed by atoms with Crippen LogP contribution in [0.5, 0.6) is 0 Å². The molecule has 0 spiro atoms. The maximum atomic E-state index is 13.2. The average molecular weight is 489 g/mol. The van der Waals surface area contributed by atoms with Gasteiger partial charge in [0.05, 0.1) is 13.2 Å². The van der Waals surface area contributed by atoms with Crippen molar-refractivity contribution in [3.8, 4) is 11.4 Å². The van der Waals surface area contributed by atoms with Crippen LogP contribution in [0.15, 0.2) is 52.0 Å². The molecule has 5 rings (SSSR count). The van der Waals surface area contributed by atoms with E-state index >= 15 is 0 Å². The number of amides is 1. The quantitative estimate of drug-likeness (QED) is 0.418. The van der Waals surface area contributed by atoms with E-state index in [9.17, 15) is 9.59 Å². The molecule has 10 heteroatoms. The highest BCUT2D eigenvalue weighted by Gasteiger charge is 2.24. The molecule has 3 aromatic heterocycles. The molecule has 1 aromatic carbocycles. The van der Waals surface area contributed by atoms with E-state index < -0.39 is 0 Å². The van der Waals surface area contributed by atoms with Gasteiger partial charge in [-0.25, -0.2) is 9.78 Å². The van der Waals surface area contributed by atoms with Crippen LogP contribution in [0.3, 0.4) is 0 Å². The fourth-order valence-electron chi connectivity index (χ4n) is 4.36. The minimum Gasteiger partial charge on any atom is -0.449 e. The summed E-state index contributed by atoms with van der Waals surface area (Å²) in [6, 6.07) is 9.84. The van der Waals surface area contributed by atoms with Crippen molar-refractivity contribution in [1.29, 1.82) is 0 Å². The Kier molecular flexibility index (Phi) is 6.66. The summed E-state index contributed by atoms with van der Waals surface area (Å²) in [5.74, 6) is 1.74. The second kappa shape index (κ2) is 10.2. The second-order valence-electron chi connectivity index (χ2n) is 8.76. The van der Waals surface area contributed by atoms with Gasteiger partial charge >= 0.3 is 6.09 Å². The Labute approximate surface area is 207 Å². The Balaban J connectivity index is 1.30. The van der Waals surface area contributed by atoms with E-state index in [-0.39, 0.29) is 18.2 Å². The third kappa shape index (κ3) is 4.79. The first-order valence-electron chi connectivity index (χ1n) is 12.1. The lowest BCUT2D eigenvalue weighted by atomic mass is 10.0. The maximum absolute atomic E-state index is 13.2. The minimum atomic E-state index is -0.364. The number of nitrogens with zero attached hydrogens (tertiary/aromatic N) is 5. The van der Waals surface area contributed by atoms with Crippen LogP contribution in [0.1, 0.15) is 30.4 Å².